The van der Waals surface area contributed by atoms with E-state index >= 15 is 0 Å². The molecule has 158 valence electrons. The molecule has 0 bridgehead atoms. The molecule has 0 spiro atoms. The van der Waals surface area contributed by atoms with Gasteiger partial charge in [0.05, 0.1) is 12.3 Å². The average Bonchev–Trinajstić information content (AvgIpc) is 3.47. The first-order valence-electron chi connectivity index (χ1n) is 9.97. The fourth-order valence-electron chi connectivity index (χ4n) is 3.28. The minimum atomic E-state index is -0.994. The number of hydrogen-bond acceptors (Lipinski definition) is 6. The standard InChI is InChI=1S/C20H24N6O3S/c1-3-20(2)17(28)26(18(29)21-20)24-15(27)12-30-19-23-22-16(14-9-10-14)25(19)11-13-7-5-4-6-8-13/h4-8,14H,3,9-12H2,1-2H3,(H,21,29)(H,24,27)/t20-/m1/s1. The molecule has 4 amide bonds. The molecule has 1 aromatic carbocycles. The lowest BCUT2D eigenvalue weighted by molar-refractivity contribution is -0.137. The average molecular weight is 429 g/mol. The number of thioether (sulfide) groups is 1. The van der Waals surface area contributed by atoms with Gasteiger partial charge in [0.25, 0.3) is 5.91 Å². The number of rotatable bonds is 8. The lowest BCUT2D eigenvalue weighted by Crippen LogP contribution is -2.49. The van der Waals surface area contributed by atoms with Crippen molar-refractivity contribution in [1.82, 2.24) is 30.5 Å². The maximum atomic E-state index is 12.4. The van der Waals surface area contributed by atoms with Crippen LogP contribution in [0.5, 0.6) is 0 Å². The van der Waals surface area contributed by atoms with Crippen LogP contribution in [-0.4, -0.2) is 48.9 Å². The van der Waals surface area contributed by atoms with Crippen LogP contribution >= 0.6 is 11.8 Å². The summed E-state index contributed by atoms with van der Waals surface area (Å²) in [6.07, 6.45) is 2.63. The molecular weight excluding hydrogens is 404 g/mol. The molecule has 2 aliphatic rings. The van der Waals surface area contributed by atoms with Crippen molar-refractivity contribution in [2.24, 2.45) is 0 Å². The highest BCUT2D eigenvalue weighted by Crippen LogP contribution is 2.40. The maximum Gasteiger partial charge on any atom is 0.344 e. The van der Waals surface area contributed by atoms with Gasteiger partial charge < -0.3 is 9.88 Å². The van der Waals surface area contributed by atoms with Gasteiger partial charge in [-0.15, -0.1) is 10.2 Å². The maximum absolute atomic E-state index is 12.4. The highest BCUT2D eigenvalue weighted by molar-refractivity contribution is 7.99. The Morgan fingerprint density at radius 3 is 2.63 bits per heavy atom. The Hall–Kier alpha value is -2.88. The van der Waals surface area contributed by atoms with Gasteiger partial charge in [-0.3, -0.25) is 15.0 Å². The molecule has 1 atom stereocenters. The van der Waals surface area contributed by atoms with Crippen molar-refractivity contribution in [3.05, 3.63) is 41.7 Å². The summed E-state index contributed by atoms with van der Waals surface area (Å²) in [5, 5.41) is 12.6. The van der Waals surface area contributed by atoms with Gasteiger partial charge in [0.2, 0.25) is 5.91 Å². The second-order valence-electron chi connectivity index (χ2n) is 7.77. The number of imide groups is 1. The number of aromatic nitrogens is 3. The summed E-state index contributed by atoms with van der Waals surface area (Å²) in [5.41, 5.74) is 2.54. The third-order valence-corrected chi connectivity index (χ3v) is 6.38. The van der Waals surface area contributed by atoms with Crippen LogP contribution in [0, 0.1) is 0 Å². The van der Waals surface area contributed by atoms with E-state index in [0.717, 1.165) is 29.2 Å². The van der Waals surface area contributed by atoms with E-state index in [4.69, 9.17) is 0 Å². The quantitative estimate of drug-likeness (QED) is 0.492. The smallest absolute Gasteiger partial charge is 0.322 e. The van der Waals surface area contributed by atoms with Crippen molar-refractivity contribution in [2.75, 3.05) is 5.75 Å². The molecule has 2 heterocycles. The Kier molecular flexibility index (Phi) is 5.50. The fourth-order valence-corrected chi connectivity index (χ4v) is 4.01. The Balaban J connectivity index is 1.42. The lowest BCUT2D eigenvalue weighted by Gasteiger charge is -2.19. The molecular formula is C20H24N6O3S. The monoisotopic (exact) mass is 428 g/mol. The number of hydrogen-bond donors (Lipinski definition) is 2. The molecule has 2 fully saturated rings. The molecule has 2 N–H and O–H groups in total. The number of nitrogens with one attached hydrogen (secondary N) is 2. The first-order valence-corrected chi connectivity index (χ1v) is 11.0. The molecule has 2 aromatic rings. The van der Waals surface area contributed by atoms with Gasteiger partial charge >= 0.3 is 6.03 Å². The SMILES string of the molecule is CC[C@@]1(C)NC(=O)N(NC(=O)CSc2nnc(C3CC3)n2Cc2ccccc2)C1=O. The van der Waals surface area contributed by atoms with Gasteiger partial charge in [0.1, 0.15) is 11.4 Å². The van der Waals surface area contributed by atoms with Crippen molar-refractivity contribution < 1.29 is 14.4 Å². The third-order valence-electron chi connectivity index (χ3n) is 5.41. The summed E-state index contributed by atoms with van der Waals surface area (Å²) >= 11 is 1.24. The molecule has 1 saturated carbocycles. The first-order chi connectivity index (χ1) is 14.4. The zero-order chi connectivity index (χ0) is 21.3. The second-order valence-corrected chi connectivity index (χ2v) is 8.71. The molecule has 1 aromatic heterocycles. The molecule has 0 unspecified atom stereocenters. The predicted molar refractivity (Wildman–Crippen MR) is 110 cm³/mol. The van der Waals surface area contributed by atoms with E-state index < -0.39 is 23.4 Å². The van der Waals surface area contributed by atoms with Crippen molar-refractivity contribution in [1.29, 1.82) is 0 Å². The number of urea groups is 1. The Morgan fingerprint density at radius 2 is 2.00 bits per heavy atom. The summed E-state index contributed by atoms with van der Waals surface area (Å²) in [6, 6.07) is 9.40. The van der Waals surface area contributed by atoms with E-state index in [0.29, 0.717) is 24.0 Å². The van der Waals surface area contributed by atoms with Gasteiger partial charge in [-0.05, 0) is 31.7 Å². The minimum Gasteiger partial charge on any atom is -0.322 e. The van der Waals surface area contributed by atoms with Gasteiger partial charge in [-0.2, -0.15) is 5.01 Å². The summed E-state index contributed by atoms with van der Waals surface area (Å²) in [6.45, 7) is 4.07. The molecule has 1 aliphatic carbocycles. The highest BCUT2D eigenvalue weighted by Gasteiger charge is 2.47. The van der Waals surface area contributed by atoms with Crippen molar-refractivity contribution in [3.8, 4) is 0 Å². The topological polar surface area (TPSA) is 109 Å². The Morgan fingerprint density at radius 1 is 1.27 bits per heavy atom. The summed E-state index contributed by atoms with van der Waals surface area (Å²) in [7, 11) is 0. The van der Waals surface area contributed by atoms with Crippen LogP contribution in [0.3, 0.4) is 0 Å². The zero-order valence-electron chi connectivity index (χ0n) is 16.9. The van der Waals surface area contributed by atoms with E-state index in [1.807, 2.05) is 34.9 Å². The van der Waals surface area contributed by atoms with E-state index in [9.17, 15) is 14.4 Å². The van der Waals surface area contributed by atoms with Crippen molar-refractivity contribution >= 4 is 29.6 Å². The number of nitrogens with zero attached hydrogens (tertiary/aromatic N) is 4. The summed E-state index contributed by atoms with van der Waals surface area (Å²) in [5.74, 6) is 0.455. The largest absolute Gasteiger partial charge is 0.344 e. The Bertz CT molecular complexity index is 974. The van der Waals surface area contributed by atoms with E-state index in [2.05, 4.69) is 20.9 Å². The van der Waals surface area contributed by atoms with Crippen LogP contribution in [0.1, 0.15) is 50.4 Å². The van der Waals surface area contributed by atoms with Gasteiger partial charge in [-0.25, -0.2) is 4.79 Å². The molecule has 1 saturated heterocycles. The van der Waals surface area contributed by atoms with E-state index in [-0.39, 0.29) is 5.75 Å². The Labute approximate surface area is 178 Å². The molecule has 9 nitrogen and oxygen atoms in total. The fraction of sp³-hybridized carbons (Fsp3) is 0.450. The van der Waals surface area contributed by atoms with Crippen LogP contribution in [0.25, 0.3) is 0 Å². The van der Waals surface area contributed by atoms with Crippen LogP contribution in [-0.2, 0) is 16.1 Å². The van der Waals surface area contributed by atoms with Gasteiger partial charge in [-0.1, -0.05) is 49.0 Å². The van der Waals surface area contributed by atoms with E-state index in [1.165, 1.54) is 11.8 Å². The number of amides is 4. The van der Waals surface area contributed by atoms with E-state index in [1.54, 1.807) is 13.8 Å². The van der Waals surface area contributed by atoms with Gasteiger partial charge in [0, 0.05) is 5.92 Å². The minimum absolute atomic E-state index is 0.0114. The van der Waals surface area contributed by atoms with Crippen LogP contribution in [0.15, 0.2) is 35.5 Å². The third kappa shape index (κ3) is 4.04. The molecule has 4 rings (SSSR count). The lowest BCUT2D eigenvalue weighted by atomic mass is 10.00. The van der Waals surface area contributed by atoms with Crippen molar-refractivity contribution in [3.63, 3.8) is 0 Å². The summed E-state index contributed by atoms with van der Waals surface area (Å²) < 4.78 is 2.05. The molecule has 10 heteroatoms. The summed E-state index contributed by atoms with van der Waals surface area (Å²) in [4.78, 5) is 36.9. The molecule has 1 aliphatic heterocycles. The highest BCUT2D eigenvalue weighted by atomic mass is 32.2. The molecule has 0 radical (unpaired) electrons. The van der Waals surface area contributed by atoms with Crippen LogP contribution in [0.4, 0.5) is 4.79 Å². The van der Waals surface area contributed by atoms with Crippen LogP contribution < -0.4 is 10.7 Å². The normalized spacial score (nSPS) is 21.1. The predicted octanol–water partition coefficient (Wildman–Crippen LogP) is 2.05. The van der Waals surface area contributed by atoms with Crippen LogP contribution in [0.2, 0.25) is 0 Å². The number of benzene rings is 1. The van der Waals surface area contributed by atoms with Crippen molar-refractivity contribution in [2.45, 2.75) is 56.3 Å². The molecule has 30 heavy (non-hydrogen) atoms. The number of carbonyl (C=O) groups excluding carboxylic acids is 3. The number of hydrazine groups is 1. The van der Waals surface area contributed by atoms with Gasteiger partial charge in [0.15, 0.2) is 5.16 Å². The number of carbonyl (C=O) groups is 3. The first kappa shape index (κ1) is 20.4. The zero-order valence-corrected chi connectivity index (χ0v) is 17.7. The second kappa shape index (κ2) is 8.10.